The molecule has 3 unspecified atom stereocenters. The minimum atomic E-state index is -4.76. The normalized spacial score (nSPS) is 19.4. The fourth-order valence-electron chi connectivity index (χ4n) is 8.09. The Kier molecular flexibility index (Phi) is 12.0. The molecule has 7 nitrogen and oxygen atoms in total. The van der Waals surface area contributed by atoms with E-state index in [1.807, 2.05) is 54.6 Å². The van der Waals surface area contributed by atoms with E-state index in [-0.39, 0.29) is 33.3 Å². The SMILES string of the molecule is CCCCOc1ccc(S2(C)CCCC2c2ccc3cccc(OC(=O)COc4ccc(C(CC)CC(C)(C)C)cc4)c3c2S(=O)(=O)O)c2ccccc12. The van der Waals surface area contributed by atoms with Crippen LogP contribution in [0.4, 0.5) is 0 Å². The van der Waals surface area contributed by atoms with Gasteiger partial charge in [-0.25, -0.2) is 14.8 Å². The molecule has 1 N–H and O–H groups in total. The average Bonchev–Trinajstić information content (AvgIpc) is 3.54. The third kappa shape index (κ3) is 8.59. The fraction of sp³-hybridized carbons (Fsp3) is 0.400. The van der Waals surface area contributed by atoms with Crippen LogP contribution in [0.1, 0.15) is 95.4 Å². The summed E-state index contributed by atoms with van der Waals surface area (Å²) >= 11 is 0. The van der Waals surface area contributed by atoms with E-state index in [1.165, 1.54) is 10.5 Å². The van der Waals surface area contributed by atoms with Crippen molar-refractivity contribution in [3.8, 4) is 17.2 Å². The van der Waals surface area contributed by atoms with Crippen molar-refractivity contribution in [2.75, 3.05) is 25.2 Å². The van der Waals surface area contributed by atoms with E-state index in [2.05, 4.69) is 59.1 Å². The number of benzene rings is 5. The van der Waals surface area contributed by atoms with Gasteiger partial charge in [-0.3, -0.25) is 4.55 Å². The Balaban J connectivity index is 1.31. The first-order valence-corrected chi connectivity index (χ1v) is 22.8. The zero-order valence-electron chi connectivity index (χ0n) is 32.4. The van der Waals surface area contributed by atoms with Gasteiger partial charge in [0.2, 0.25) is 0 Å². The van der Waals surface area contributed by atoms with Gasteiger partial charge in [0.25, 0.3) is 10.1 Å². The molecule has 1 aliphatic rings. The second-order valence-corrected chi connectivity index (χ2v) is 20.9. The lowest BCUT2D eigenvalue weighted by molar-refractivity contribution is -0.136. The number of rotatable bonds is 14. The highest BCUT2D eigenvalue weighted by atomic mass is 32.3. The summed E-state index contributed by atoms with van der Waals surface area (Å²) in [6.45, 7) is 11.3. The van der Waals surface area contributed by atoms with Crippen molar-refractivity contribution in [1.82, 2.24) is 0 Å². The number of ether oxygens (including phenoxy) is 3. The smallest absolute Gasteiger partial charge is 0.349 e. The fourth-order valence-corrected chi connectivity index (χ4v) is 13.2. The highest BCUT2D eigenvalue weighted by molar-refractivity contribution is 8.33. The largest absolute Gasteiger partial charge is 0.493 e. The molecule has 5 aromatic rings. The summed E-state index contributed by atoms with van der Waals surface area (Å²) in [7, 11) is -6.41. The number of hydrogen-bond donors (Lipinski definition) is 1. The molecule has 0 amide bonds. The van der Waals surface area contributed by atoms with E-state index >= 15 is 0 Å². The molecular formula is C45H54O7S2. The van der Waals surface area contributed by atoms with Crippen LogP contribution >= 0.6 is 10.0 Å². The number of esters is 1. The predicted octanol–water partition coefficient (Wildman–Crippen LogP) is 11.7. The standard InChI is InChI=1S/C45H54O7S2/c1-7-9-27-50-38-25-26-41(36-16-11-10-15-35(36)38)53(6)28-13-18-40(53)37-24-21-33-14-12-17-39(43(33)44(37)54(47,48)49)52-42(46)30-51-34-22-19-32(20-23-34)31(8-2)29-45(3,4)5/h10-12,14-17,19-26,31,40H,7-9,13,18,27-30H2,1-6H3,(H,47,48,49). The van der Waals surface area contributed by atoms with Crippen molar-refractivity contribution in [3.05, 3.63) is 102 Å². The summed E-state index contributed by atoms with van der Waals surface area (Å²) in [5.74, 6) is 2.10. The first-order valence-electron chi connectivity index (χ1n) is 19.1. The summed E-state index contributed by atoms with van der Waals surface area (Å²) in [6, 6.07) is 29.0. The van der Waals surface area contributed by atoms with Crippen LogP contribution in [0.5, 0.6) is 17.2 Å². The first kappa shape index (κ1) is 39.6. The molecule has 288 valence electrons. The molecular weight excluding hydrogens is 717 g/mol. The van der Waals surface area contributed by atoms with E-state index in [9.17, 15) is 17.8 Å². The van der Waals surface area contributed by atoms with Crippen LogP contribution < -0.4 is 14.2 Å². The third-order valence-corrected chi connectivity index (χ3v) is 15.8. The highest BCUT2D eigenvalue weighted by Gasteiger charge is 2.41. The highest BCUT2D eigenvalue weighted by Crippen LogP contribution is 2.71. The molecule has 0 radical (unpaired) electrons. The van der Waals surface area contributed by atoms with E-state index in [1.54, 1.807) is 18.2 Å². The van der Waals surface area contributed by atoms with E-state index < -0.39 is 26.1 Å². The lowest BCUT2D eigenvalue weighted by Crippen LogP contribution is -2.18. The number of unbranched alkanes of at least 4 members (excludes halogenated alkanes) is 1. The maximum atomic E-state index is 13.5. The van der Waals surface area contributed by atoms with Gasteiger partial charge in [-0.15, -0.1) is 0 Å². The Labute approximate surface area is 322 Å². The topological polar surface area (TPSA) is 99.1 Å². The maximum Gasteiger partial charge on any atom is 0.349 e. The molecule has 1 saturated heterocycles. The molecule has 1 heterocycles. The summed E-state index contributed by atoms with van der Waals surface area (Å²) in [4.78, 5) is 14.3. The first-order chi connectivity index (χ1) is 25.7. The van der Waals surface area contributed by atoms with Gasteiger partial charge in [-0.2, -0.15) is 8.42 Å². The van der Waals surface area contributed by atoms with Gasteiger partial charge >= 0.3 is 5.97 Å². The molecule has 1 aliphatic heterocycles. The van der Waals surface area contributed by atoms with E-state index in [0.717, 1.165) is 60.8 Å². The minimum absolute atomic E-state index is 0.0626. The van der Waals surface area contributed by atoms with Crippen LogP contribution in [0.25, 0.3) is 21.5 Å². The molecule has 0 bridgehead atoms. The second-order valence-electron chi connectivity index (χ2n) is 15.8. The number of carbonyl (C=O) groups excluding carboxylic acids is 1. The van der Waals surface area contributed by atoms with Crippen LogP contribution in [0.2, 0.25) is 0 Å². The molecule has 54 heavy (non-hydrogen) atoms. The molecule has 0 aromatic heterocycles. The zero-order chi connectivity index (χ0) is 38.7. The Morgan fingerprint density at radius 3 is 2.31 bits per heavy atom. The van der Waals surface area contributed by atoms with Gasteiger partial charge in [-0.1, -0.05) is 102 Å². The lowest BCUT2D eigenvalue weighted by Gasteiger charge is -2.40. The van der Waals surface area contributed by atoms with E-state index in [4.69, 9.17) is 14.2 Å². The van der Waals surface area contributed by atoms with Crippen molar-refractivity contribution < 1.29 is 32.0 Å². The van der Waals surface area contributed by atoms with Gasteiger partial charge < -0.3 is 14.2 Å². The van der Waals surface area contributed by atoms with Crippen LogP contribution in [0.3, 0.4) is 0 Å². The number of carbonyl (C=O) groups is 1. The van der Waals surface area contributed by atoms with Crippen molar-refractivity contribution in [3.63, 3.8) is 0 Å². The summed E-state index contributed by atoms with van der Waals surface area (Å²) in [6.07, 6.45) is 8.04. The molecule has 9 heteroatoms. The van der Waals surface area contributed by atoms with Crippen molar-refractivity contribution in [2.45, 2.75) is 94.1 Å². The quantitative estimate of drug-likeness (QED) is 0.0519. The van der Waals surface area contributed by atoms with Gasteiger partial charge in [0.1, 0.15) is 22.1 Å². The van der Waals surface area contributed by atoms with Gasteiger partial charge in [0, 0.05) is 16.0 Å². The Bertz CT molecular complexity index is 2220. The maximum absolute atomic E-state index is 13.5. The summed E-state index contributed by atoms with van der Waals surface area (Å²) in [5.41, 5.74) is 1.98. The lowest BCUT2D eigenvalue weighted by atomic mass is 9.80. The number of fused-ring (bicyclic) bond motifs is 2. The molecule has 3 atom stereocenters. The summed E-state index contributed by atoms with van der Waals surface area (Å²) < 4.78 is 55.7. The Morgan fingerprint density at radius 2 is 1.63 bits per heavy atom. The Morgan fingerprint density at radius 1 is 0.889 bits per heavy atom. The minimum Gasteiger partial charge on any atom is -0.493 e. The van der Waals surface area contributed by atoms with Crippen LogP contribution in [0.15, 0.2) is 101 Å². The molecule has 6 rings (SSSR count). The molecule has 0 saturated carbocycles. The van der Waals surface area contributed by atoms with Crippen molar-refractivity contribution in [1.29, 1.82) is 0 Å². The van der Waals surface area contributed by atoms with Gasteiger partial charge in [0.05, 0.1) is 6.61 Å². The monoisotopic (exact) mass is 770 g/mol. The van der Waals surface area contributed by atoms with Crippen molar-refractivity contribution in [2.24, 2.45) is 5.41 Å². The second kappa shape index (κ2) is 16.4. The van der Waals surface area contributed by atoms with Crippen LogP contribution in [-0.4, -0.2) is 44.2 Å². The molecule has 5 aromatic carbocycles. The van der Waals surface area contributed by atoms with Crippen LogP contribution in [-0.2, 0) is 14.9 Å². The van der Waals surface area contributed by atoms with Gasteiger partial charge in [0.15, 0.2) is 6.61 Å². The Hall–Kier alpha value is -4.05. The predicted molar refractivity (Wildman–Crippen MR) is 221 cm³/mol. The molecule has 0 spiro atoms. The molecule has 1 fully saturated rings. The molecule has 0 aliphatic carbocycles. The van der Waals surface area contributed by atoms with Gasteiger partial charge in [-0.05, 0) is 113 Å². The van der Waals surface area contributed by atoms with Crippen LogP contribution in [0, 0.1) is 5.41 Å². The zero-order valence-corrected chi connectivity index (χ0v) is 34.0. The summed E-state index contributed by atoms with van der Waals surface area (Å²) in [5, 5.41) is 2.71. The number of hydrogen-bond acceptors (Lipinski definition) is 6. The third-order valence-electron chi connectivity index (χ3n) is 10.6. The van der Waals surface area contributed by atoms with Crippen molar-refractivity contribution >= 4 is 47.7 Å². The average molecular weight is 771 g/mol. The van der Waals surface area contributed by atoms with E-state index in [0.29, 0.717) is 29.2 Å².